The smallest absolute Gasteiger partial charge is 0.261 e. The Kier molecular flexibility index (Phi) is 16.9. The summed E-state index contributed by atoms with van der Waals surface area (Å²) in [6.07, 6.45) is 9.75. The van der Waals surface area contributed by atoms with Crippen LogP contribution in [0.4, 0.5) is 34.1 Å². The number of halogens is 2. The highest BCUT2D eigenvalue weighted by molar-refractivity contribution is 14.1. The lowest BCUT2D eigenvalue weighted by molar-refractivity contribution is 0.0979. The van der Waals surface area contributed by atoms with E-state index in [1.807, 2.05) is 102 Å². The minimum absolute atomic E-state index is 0. The van der Waals surface area contributed by atoms with Crippen LogP contribution in [-0.4, -0.2) is 88.8 Å². The quantitative estimate of drug-likeness (QED) is 0.0861. The number of rotatable bonds is 9. The fourth-order valence-electron chi connectivity index (χ4n) is 9.92. The van der Waals surface area contributed by atoms with Gasteiger partial charge in [-0.2, -0.15) is 0 Å². The monoisotopic (exact) mass is 1220 g/mol. The maximum atomic E-state index is 13.7. The Balaban J connectivity index is 0.000000216. The topological polar surface area (TPSA) is 146 Å². The van der Waals surface area contributed by atoms with Crippen LogP contribution in [0.5, 0.6) is 23.0 Å². The standard InChI is InChI=1S/C37H32N4O5.C17H14N2O2.C3H6I2.2CH4/c1-22-14-27-29(38-20-25-15-23-8-3-5-10-31(23)40(25)36(27)42)18-33(22)45-12-7-13-46-35-19-30-28(17-34(35)44-2)37(43)41-26(21-39-30)16-24-9-4-6-11-32(24)41;1-10-6-13-14(8-16(10)20)18-9-12-7-11-4-2-3-5-15(11)19(12)17(13)21;4-2-1-3-5;;/h3-6,8-11,14,17-21,25-26H,7,12-13,15-16H2,1-2H3;2-6,8-9,12,20H,7H2,1H3;1-3H2;2*1H4/t25-,26-;12-;;;/m00.../s1. The van der Waals surface area contributed by atoms with Gasteiger partial charge in [-0.05, 0) is 84.5 Å². The summed E-state index contributed by atoms with van der Waals surface area (Å²) in [5.41, 5.74) is 11.1. The van der Waals surface area contributed by atoms with Crippen LogP contribution >= 0.6 is 45.2 Å². The number of aromatic hydroxyl groups is 1. The van der Waals surface area contributed by atoms with E-state index in [1.165, 1.54) is 20.8 Å². The number of nitrogens with zero attached hydrogens (tertiary/aromatic N) is 6. The summed E-state index contributed by atoms with van der Waals surface area (Å²) in [5, 5.41) is 9.82. The van der Waals surface area contributed by atoms with Gasteiger partial charge in [0.25, 0.3) is 17.7 Å². The fourth-order valence-corrected chi connectivity index (χ4v) is 12.1. The lowest BCUT2D eigenvalue weighted by Gasteiger charge is -2.22. The predicted molar refractivity (Wildman–Crippen MR) is 315 cm³/mol. The third-order valence-corrected chi connectivity index (χ3v) is 15.0. The molecule has 6 aromatic carbocycles. The van der Waals surface area contributed by atoms with Gasteiger partial charge < -0.3 is 19.3 Å². The Morgan fingerprint density at radius 1 is 0.527 bits per heavy atom. The number of ether oxygens (including phenoxy) is 3. The Bertz CT molecular complexity index is 3210. The number of para-hydroxylation sites is 3. The number of aryl methyl sites for hydroxylation is 2. The van der Waals surface area contributed by atoms with Crippen LogP contribution in [0.3, 0.4) is 0 Å². The van der Waals surface area contributed by atoms with Crippen molar-refractivity contribution in [1.82, 2.24) is 0 Å². The largest absolute Gasteiger partial charge is 0.508 e. The maximum Gasteiger partial charge on any atom is 0.261 e. The van der Waals surface area contributed by atoms with E-state index in [9.17, 15) is 19.5 Å². The molecule has 0 fully saturated rings. The van der Waals surface area contributed by atoms with E-state index in [2.05, 4.69) is 67.3 Å². The summed E-state index contributed by atoms with van der Waals surface area (Å²) >= 11 is 4.77. The van der Waals surface area contributed by atoms with Crippen molar-refractivity contribution in [3.05, 3.63) is 154 Å². The van der Waals surface area contributed by atoms with E-state index in [4.69, 9.17) is 19.2 Å². The molecule has 0 aliphatic carbocycles. The number of amides is 3. The molecule has 74 heavy (non-hydrogen) atoms. The van der Waals surface area contributed by atoms with Crippen molar-refractivity contribution in [3.8, 4) is 23.0 Å². The second-order valence-corrected chi connectivity index (χ2v) is 20.3. The summed E-state index contributed by atoms with van der Waals surface area (Å²) in [6, 6.07) is 34.2. The molecule has 15 heteroatoms. The number of anilines is 3. The van der Waals surface area contributed by atoms with Crippen LogP contribution in [-0.2, 0) is 19.3 Å². The van der Waals surface area contributed by atoms with E-state index in [1.54, 1.807) is 49.4 Å². The number of carbonyl (C=O) groups excluding carboxylic acids is 3. The summed E-state index contributed by atoms with van der Waals surface area (Å²) < 4.78 is 20.5. The van der Waals surface area contributed by atoms with Crippen LogP contribution in [0.1, 0.15) is 86.6 Å². The number of benzene rings is 6. The number of phenolic OH excluding ortho intramolecular Hbond substituents is 1. The molecule has 0 unspecified atom stereocenters. The maximum absolute atomic E-state index is 13.7. The van der Waals surface area contributed by atoms with Gasteiger partial charge in [0.2, 0.25) is 0 Å². The van der Waals surface area contributed by atoms with Crippen molar-refractivity contribution in [2.75, 3.05) is 43.9 Å². The lowest BCUT2D eigenvalue weighted by Crippen LogP contribution is -2.37. The van der Waals surface area contributed by atoms with Gasteiger partial charge in [-0.1, -0.05) is 115 Å². The minimum Gasteiger partial charge on any atom is -0.508 e. The van der Waals surface area contributed by atoms with Crippen molar-refractivity contribution in [1.29, 1.82) is 0 Å². The third-order valence-electron chi connectivity index (χ3n) is 13.5. The van der Waals surface area contributed by atoms with E-state index < -0.39 is 0 Å². The van der Waals surface area contributed by atoms with Gasteiger partial charge in [-0.15, -0.1) is 0 Å². The second kappa shape index (κ2) is 23.3. The third kappa shape index (κ3) is 10.4. The van der Waals surface area contributed by atoms with Gasteiger partial charge >= 0.3 is 0 Å². The van der Waals surface area contributed by atoms with Crippen LogP contribution in [0.25, 0.3) is 0 Å². The van der Waals surface area contributed by atoms with Crippen LogP contribution in [0, 0.1) is 13.8 Å². The lowest BCUT2D eigenvalue weighted by atomic mass is 10.1. The zero-order chi connectivity index (χ0) is 50.0. The first-order valence-corrected chi connectivity index (χ1v) is 27.1. The molecule has 0 saturated heterocycles. The van der Waals surface area contributed by atoms with Gasteiger partial charge in [-0.3, -0.25) is 44.1 Å². The highest BCUT2D eigenvalue weighted by atomic mass is 127. The number of hydrogen-bond acceptors (Lipinski definition) is 10. The van der Waals surface area contributed by atoms with Crippen molar-refractivity contribution < 1.29 is 33.7 Å². The Morgan fingerprint density at radius 3 is 1.35 bits per heavy atom. The molecule has 3 amide bonds. The van der Waals surface area contributed by atoms with Gasteiger partial charge in [0, 0.05) is 88.4 Å². The number of fused-ring (bicyclic) bond motifs is 12. The molecule has 6 aliphatic rings. The van der Waals surface area contributed by atoms with Gasteiger partial charge in [-0.25, -0.2) is 0 Å². The molecule has 6 aliphatic heterocycles. The molecule has 3 atom stereocenters. The van der Waals surface area contributed by atoms with Crippen molar-refractivity contribution in [2.24, 2.45) is 15.0 Å². The second-order valence-electron chi connectivity index (χ2n) is 18.2. The van der Waals surface area contributed by atoms with E-state index in [0.717, 1.165) is 53.0 Å². The molecule has 1 N–H and O–H groups in total. The van der Waals surface area contributed by atoms with Gasteiger partial charge in [0.05, 0.1) is 72.2 Å². The molecule has 0 saturated carbocycles. The summed E-state index contributed by atoms with van der Waals surface area (Å²) in [6.45, 7) is 4.49. The predicted octanol–water partition coefficient (Wildman–Crippen LogP) is 12.9. The SMILES string of the molecule is C.C.COc1cc2c(cc1OCCCOc1cc3c(cc1C)C(=O)N1c4ccccc4C[C@H]1C=N3)N=C[C@@H]1Cc3ccccc3N1C2=O.Cc1cc2c(cc1O)N=C[C@@H]1Cc3ccccc3N1C2=O.ICCCI. The summed E-state index contributed by atoms with van der Waals surface area (Å²) in [5.74, 6) is 1.64. The molecule has 0 bridgehead atoms. The Labute approximate surface area is 460 Å². The average molecular weight is 1220 g/mol. The molecule has 6 aromatic rings. The zero-order valence-corrected chi connectivity index (χ0v) is 44.4. The number of hydrogen-bond donors (Lipinski definition) is 1. The highest BCUT2D eigenvalue weighted by Crippen LogP contribution is 2.43. The van der Waals surface area contributed by atoms with Crippen LogP contribution in [0.15, 0.2) is 124 Å². The van der Waals surface area contributed by atoms with Crippen molar-refractivity contribution in [3.63, 3.8) is 0 Å². The normalized spacial score (nSPS) is 17.5. The first kappa shape index (κ1) is 53.7. The van der Waals surface area contributed by atoms with Crippen molar-refractivity contribution >= 4 is 116 Å². The first-order valence-electron chi connectivity index (χ1n) is 24.0. The number of phenols is 1. The zero-order valence-electron chi connectivity index (χ0n) is 40.1. The van der Waals surface area contributed by atoms with E-state index in [-0.39, 0.29) is 56.4 Å². The molecule has 0 radical (unpaired) electrons. The van der Waals surface area contributed by atoms with Crippen molar-refractivity contribution in [2.45, 2.75) is 78.9 Å². The summed E-state index contributed by atoms with van der Waals surface area (Å²) in [7, 11) is 1.56. The highest BCUT2D eigenvalue weighted by Gasteiger charge is 2.39. The molecule has 0 spiro atoms. The minimum atomic E-state index is -0.126. The van der Waals surface area contributed by atoms with E-state index >= 15 is 0 Å². The first-order chi connectivity index (χ1) is 35.1. The molecular formula is C59H60I2N6O7. The molecule has 12 rings (SSSR count). The van der Waals surface area contributed by atoms with E-state index in [0.29, 0.717) is 76.2 Å². The van der Waals surface area contributed by atoms with Crippen LogP contribution < -0.4 is 28.9 Å². The number of carbonyl (C=O) groups is 3. The van der Waals surface area contributed by atoms with Gasteiger partial charge in [0.1, 0.15) is 11.5 Å². The number of aliphatic imine (C=N–C) groups is 3. The number of alkyl halides is 2. The van der Waals surface area contributed by atoms with Crippen LogP contribution in [0.2, 0.25) is 0 Å². The summed E-state index contributed by atoms with van der Waals surface area (Å²) in [4.78, 5) is 59.4. The molecule has 0 aromatic heterocycles. The number of methoxy groups -OCH3 is 1. The Morgan fingerprint density at radius 2 is 0.919 bits per heavy atom. The Hall–Kier alpha value is -6.60. The molecular weight excluding hydrogens is 1160 g/mol. The molecule has 382 valence electrons. The molecule has 13 nitrogen and oxygen atoms in total. The van der Waals surface area contributed by atoms with Gasteiger partial charge in [0.15, 0.2) is 11.5 Å². The molecule has 6 heterocycles. The average Bonchev–Trinajstić information content (AvgIpc) is 4.01. The fraction of sp³-hybridized carbons (Fsp3) is 0.288.